The van der Waals surface area contributed by atoms with Crippen molar-refractivity contribution >= 4 is 0 Å². The summed E-state index contributed by atoms with van der Waals surface area (Å²) in [6.07, 6.45) is 0. The van der Waals surface area contributed by atoms with E-state index in [0.29, 0.717) is 6.07 Å². The molecule has 1 aromatic carbocycles. The highest BCUT2D eigenvalue weighted by molar-refractivity contribution is 5.35. The molecular weight excluding hydrogens is 178 g/mol. The van der Waals surface area contributed by atoms with E-state index in [0.717, 1.165) is 6.07 Å². The number of nitrogens with two attached hydrogens (primary N) is 2. The van der Waals surface area contributed by atoms with E-state index >= 15 is 0 Å². The molecule has 0 saturated heterocycles. The zero-order valence-electron chi connectivity index (χ0n) is 6.80. The lowest BCUT2D eigenvalue weighted by Crippen LogP contribution is -2.21. The van der Waals surface area contributed by atoms with Gasteiger partial charge in [-0.2, -0.15) is 0 Å². The summed E-state index contributed by atoms with van der Waals surface area (Å²) < 4.78 is 25.2. The summed E-state index contributed by atoms with van der Waals surface area (Å²) in [6, 6.07) is 0.845. The first kappa shape index (κ1) is 9.88. The number of halogens is 2. The van der Waals surface area contributed by atoms with E-state index in [1.165, 1.54) is 0 Å². The lowest BCUT2D eigenvalue weighted by molar-refractivity contribution is 0.441. The molecule has 1 rings (SSSR count). The molecule has 72 valence electrons. The summed E-state index contributed by atoms with van der Waals surface area (Å²) in [4.78, 5) is 0. The van der Waals surface area contributed by atoms with Crippen LogP contribution in [0.5, 0.6) is 5.75 Å². The maximum atomic E-state index is 12.7. The molecule has 0 saturated carbocycles. The Kier molecular flexibility index (Phi) is 2.79. The minimum atomic E-state index is -1.11. The van der Waals surface area contributed by atoms with Gasteiger partial charge in [-0.3, -0.25) is 0 Å². The number of benzene rings is 1. The van der Waals surface area contributed by atoms with Crippen LogP contribution in [0.25, 0.3) is 0 Å². The highest BCUT2D eigenvalue weighted by Crippen LogP contribution is 2.24. The normalized spacial score (nSPS) is 12.9. The third-order valence-corrected chi connectivity index (χ3v) is 1.72. The fraction of sp³-hybridized carbons (Fsp3) is 0.250. The molecule has 0 radical (unpaired) electrons. The van der Waals surface area contributed by atoms with Crippen LogP contribution in [-0.4, -0.2) is 11.7 Å². The maximum absolute atomic E-state index is 12.7. The smallest absolute Gasteiger partial charge is 0.162 e. The molecule has 5 heteroatoms. The Labute approximate surface area is 74.0 Å². The zero-order chi connectivity index (χ0) is 10.0. The van der Waals surface area contributed by atoms with Crippen LogP contribution in [0.15, 0.2) is 12.1 Å². The lowest BCUT2D eigenvalue weighted by atomic mass is 10.1. The van der Waals surface area contributed by atoms with Gasteiger partial charge in [0.2, 0.25) is 0 Å². The fourth-order valence-electron chi connectivity index (χ4n) is 0.976. The topological polar surface area (TPSA) is 72.3 Å². The first-order chi connectivity index (χ1) is 6.06. The van der Waals surface area contributed by atoms with E-state index in [4.69, 9.17) is 11.5 Å². The second-order valence-corrected chi connectivity index (χ2v) is 2.67. The van der Waals surface area contributed by atoms with Crippen molar-refractivity contribution in [1.82, 2.24) is 0 Å². The van der Waals surface area contributed by atoms with E-state index < -0.39 is 17.7 Å². The summed E-state index contributed by atoms with van der Waals surface area (Å²) in [5.41, 5.74) is 10.8. The predicted molar refractivity (Wildman–Crippen MR) is 44.0 cm³/mol. The highest BCUT2D eigenvalue weighted by atomic mass is 19.2. The second kappa shape index (κ2) is 3.68. The van der Waals surface area contributed by atoms with Gasteiger partial charge in [0.15, 0.2) is 11.6 Å². The highest BCUT2D eigenvalue weighted by Gasteiger charge is 2.13. The van der Waals surface area contributed by atoms with Gasteiger partial charge in [0.05, 0.1) is 0 Å². The number of hydrogen-bond donors (Lipinski definition) is 3. The summed E-state index contributed by atoms with van der Waals surface area (Å²) >= 11 is 0. The SMILES string of the molecule is NC[C@H](N)c1cc(F)c(F)cc1O. The van der Waals surface area contributed by atoms with Crippen molar-refractivity contribution in [2.45, 2.75) is 6.04 Å². The van der Waals surface area contributed by atoms with Crippen LogP contribution in [0.2, 0.25) is 0 Å². The molecule has 0 amide bonds. The van der Waals surface area contributed by atoms with Gasteiger partial charge >= 0.3 is 0 Å². The van der Waals surface area contributed by atoms with Crippen LogP contribution < -0.4 is 11.5 Å². The molecule has 0 aliphatic heterocycles. The van der Waals surface area contributed by atoms with Crippen LogP contribution >= 0.6 is 0 Å². The van der Waals surface area contributed by atoms with Crippen LogP contribution in [0, 0.1) is 11.6 Å². The third kappa shape index (κ3) is 1.93. The molecule has 0 spiro atoms. The van der Waals surface area contributed by atoms with Crippen molar-refractivity contribution in [3.05, 3.63) is 29.3 Å². The molecule has 0 bridgehead atoms. The number of aromatic hydroxyl groups is 1. The van der Waals surface area contributed by atoms with E-state index in [-0.39, 0.29) is 17.9 Å². The quantitative estimate of drug-likeness (QED) is 0.637. The molecule has 3 nitrogen and oxygen atoms in total. The second-order valence-electron chi connectivity index (χ2n) is 2.67. The first-order valence-electron chi connectivity index (χ1n) is 3.69. The molecule has 5 N–H and O–H groups in total. The van der Waals surface area contributed by atoms with Gasteiger partial charge in [0, 0.05) is 24.2 Å². The standard InChI is InChI=1S/C8H10F2N2O/c9-5-1-4(7(12)3-11)8(13)2-6(5)10/h1-2,7,13H,3,11-12H2/t7-/m0/s1. The maximum Gasteiger partial charge on any atom is 0.162 e. The monoisotopic (exact) mass is 188 g/mol. The van der Waals surface area contributed by atoms with Crippen LogP contribution in [0.1, 0.15) is 11.6 Å². The Balaban J connectivity index is 3.15. The number of phenolic OH excluding ortho intramolecular Hbond substituents is 1. The Hall–Kier alpha value is -1.20. The third-order valence-electron chi connectivity index (χ3n) is 1.72. The van der Waals surface area contributed by atoms with Crippen molar-refractivity contribution in [2.24, 2.45) is 11.5 Å². The first-order valence-corrected chi connectivity index (χ1v) is 3.69. The van der Waals surface area contributed by atoms with E-state index in [1.54, 1.807) is 0 Å². The molecule has 0 fully saturated rings. The number of rotatable bonds is 2. The molecule has 0 unspecified atom stereocenters. The van der Waals surface area contributed by atoms with E-state index in [1.807, 2.05) is 0 Å². The van der Waals surface area contributed by atoms with Crippen molar-refractivity contribution in [1.29, 1.82) is 0 Å². The van der Waals surface area contributed by atoms with E-state index in [2.05, 4.69) is 0 Å². The minimum Gasteiger partial charge on any atom is -0.507 e. The number of hydrogen-bond acceptors (Lipinski definition) is 3. The minimum absolute atomic E-state index is 0.0542. The average Bonchev–Trinajstić information content (AvgIpc) is 2.10. The Morgan fingerprint density at radius 3 is 2.38 bits per heavy atom. The van der Waals surface area contributed by atoms with Gasteiger partial charge in [0.25, 0.3) is 0 Å². The van der Waals surface area contributed by atoms with Crippen molar-refractivity contribution < 1.29 is 13.9 Å². The zero-order valence-corrected chi connectivity index (χ0v) is 6.80. The van der Waals surface area contributed by atoms with E-state index in [9.17, 15) is 13.9 Å². The Morgan fingerprint density at radius 1 is 1.31 bits per heavy atom. The molecule has 0 aliphatic carbocycles. The lowest BCUT2D eigenvalue weighted by Gasteiger charge is -2.11. The molecule has 1 aromatic rings. The summed E-state index contributed by atoms with van der Waals surface area (Å²) in [5.74, 6) is -2.53. The summed E-state index contributed by atoms with van der Waals surface area (Å²) in [7, 11) is 0. The predicted octanol–water partition coefficient (Wildman–Crippen LogP) is 0.629. The van der Waals surface area contributed by atoms with Gasteiger partial charge < -0.3 is 16.6 Å². The van der Waals surface area contributed by atoms with Gasteiger partial charge in [-0.25, -0.2) is 8.78 Å². The molecule has 0 aliphatic rings. The molecule has 0 aromatic heterocycles. The van der Waals surface area contributed by atoms with Crippen LogP contribution in [0.3, 0.4) is 0 Å². The van der Waals surface area contributed by atoms with Gasteiger partial charge in [0.1, 0.15) is 5.75 Å². The average molecular weight is 188 g/mol. The van der Waals surface area contributed by atoms with Gasteiger partial charge in [-0.1, -0.05) is 0 Å². The molecular formula is C8H10F2N2O. The fourth-order valence-corrected chi connectivity index (χ4v) is 0.976. The van der Waals surface area contributed by atoms with Crippen molar-refractivity contribution in [3.63, 3.8) is 0 Å². The summed E-state index contributed by atoms with van der Waals surface area (Å²) in [5, 5.41) is 9.18. The Morgan fingerprint density at radius 2 is 1.85 bits per heavy atom. The van der Waals surface area contributed by atoms with Gasteiger partial charge in [-0.05, 0) is 6.07 Å². The summed E-state index contributed by atoms with van der Waals surface area (Å²) in [6.45, 7) is 0.0542. The Bertz CT molecular complexity index is 317. The molecule has 1 atom stereocenters. The van der Waals surface area contributed by atoms with Crippen LogP contribution in [0.4, 0.5) is 8.78 Å². The van der Waals surface area contributed by atoms with Crippen molar-refractivity contribution in [3.8, 4) is 5.75 Å². The van der Waals surface area contributed by atoms with Crippen LogP contribution in [-0.2, 0) is 0 Å². The van der Waals surface area contributed by atoms with Crippen molar-refractivity contribution in [2.75, 3.05) is 6.54 Å². The number of phenols is 1. The van der Waals surface area contributed by atoms with Gasteiger partial charge in [-0.15, -0.1) is 0 Å². The molecule has 13 heavy (non-hydrogen) atoms. The largest absolute Gasteiger partial charge is 0.507 e. The molecule has 0 heterocycles.